The van der Waals surface area contributed by atoms with Crippen LogP contribution in [0.25, 0.3) is 66.2 Å². The Morgan fingerprint density at radius 2 is 0.441 bits per heavy atom. The zero-order valence-electron chi connectivity index (χ0n) is 53.4. The summed E-state index contributed by atoms with van der Waals surface area (Å²) < 4.78 is 4.83. The van der Waals surface area contributed by atoms with Gasteiger partial charge in [-0.1, -0.05) is 72.8 Å². The molecule has 502 valence electrons. The summed E-state index contributed by atoms with van der Waals surface area (Å²) in [4.78, 5) is 97.3. The molecular weight excluding hydrogens is 1360 g/mol. The van der Waals surface area contributed by atoms with E-state index in [1.807, 2.05) is 123 Å². The molecule has 0 unspecified atom stereocenters. The van der Waals surface area contributed by atoms with Crippen LogP contribution in [-0.2, 0) is 96.7 Å². The predicted octanol–water partition coefficient (Wildman–Crippen LogP) is -3.09. The Labute approximate surface area is 587 Å². The maximum Gasteiger partial charge on any atom is 2.00 e. The first-order chi connectivity index (χ1) is 42.1. The number of H-pyrrole nitrogens is 6. The minimum atomic E-state index is 0. The summed E-state index contributed by atoms with van der Waals surface area (Å²) in [5.41, 5.74) is 12.1. The number of benzene rings is 6. The standard InChI is InChI=1S/2C24H21N7.C4H10O.4C3H7NO.4ClH.2Co/c2*1-2-8-17-16(7-1)25-22(26-17)13-31(14-23-27-18-9-3-4-10-19(18)28-23)15-24-29-20-11-5-6-12-21(20)30-24;1-3-5-4-2;4*1-4(2)3-5;;;;;;/h2*1-12H,13-15H2,(H,25,26)(H,27,28)(H,29,30);3-4H2,1-2H3;4*3H,1-2H3;4*1H;;/q;;;;;;;;;;;2*+2/p-4. The Hall–Kier alpha value is -7.93. The average Bonchev–Trinajstić information content (AvgIpc) is 2.15. The van der Waals surface area contributed by atoms with Gasteiger partial charge in [-0.15, -0.1) is 0 Å². The van der Waals surface area contributed by atoms with Gasteiger partial charge in [0.05, 0.1) is 105 Å². The second-order valence-electron chi connectivity index (χ2n) is 20.6. The van der Waals surface area contributed by atoms with Crippen LogP contribution in [0, 0.1) is 0 Å². The minimum absolute atomic E-state index is 0. The third-order valence-corrected chi connectivity index (χ3v) is 12.1. The fraction of sp³-hybridized carbons (Fsp3) is 0.281. The molecule has 6 aromatic heterocycles. The Kier molecular flexibility index (Phi) is 41.5. The van der Waals surface area contributed by atoms with Gasteiger partial charge < -0.3 is 104 Å². The van der Waals surface area contributed by atoms with Crippen molar-refractivity contribution < 1.29 is 107 Å². The SMILES string of the molecule is CCOCC.CN(C)C=O.CN(C)C=O.CN(C)C=O.CN(C)C=O.[Cl-].[Cl-].[Cl-].[Cl-].[Co+2].[Co+2].c1ccc2[nH]c(CN(Cc3nc4ccccc4[nH]3)Cc3nc4ccccc4[nH]3)nc2c1.c1ccc2[nH]c(CN(Cc3nc4ccccc4[nH]3)Cc3nc4ccccc4[nH]3)nc2c1. The van der Waals surface area contributed by atoms with Crippen molar-refractivity contribution in [2.24, 2.45) is 0 Å². The first kappa shape index (κ1) is 85.1. The summed E-state index contributed by atoms with van der Waals surface area (Å²) in [5.74, 6) is 5.55. The van der Waals surface area contributed by atoms with Crippen LogP contribution in [0.3, 0.4) is 0 Å². The van der Waals surface area contributed by atoms with E-state index in [2.05, 4.69) is 76.1 Å². The van der Waals surface area contributed by atoms with Gasteiger partial charge >= 0.3 is 33.6 Å². The molecule has 12 rings (SSSR count). The second kappa shape index (κ2) is 45.4. The minimum Gasteiger partial charge on any atom is -1.00 e. The Morgan fingerprint density at radius 1 is 0.301 bits per heavy atom. The van der Waals surface area contributed by atoms with Gasteiger partial charge in [0.15, 0.2) is 0 Å². The first-order valence-corrected chi connectivity index (χ1v) is 28.2. The number of carbonyl (C=O) groups excluding carboxylic acids is 4. The van der Waals surface area contributed by atoms with Crippen LogP contribution in [0.4, 0.5) is 0 Å². The Morgan fingerprint density at radius 3 is 0.548 bits per heavy atom. The predicted molar refractivity (Wildman–Crippen MR) is 344 cm³/mol. The Balaban J connectivity index is 0.00000128. The Bertz CT molecular complexity index is 3170. The zero-order chi connectivity index (χ0) is 62.5. The van der Waals surface area contributed by atoms with Gasteiger partial charge in [0.25, 0.3) is 0 Å². The van der Waals surface area contributed by atoms with E-state index in [0.29, 0.717) is 39.3 Å². The normalized spacial score (nSPS) is 9.85. The van der Waals surface area contributed by atoms with Gasteiger partial charge in [-0.05, 0) is 86.6 Å². The molecule has 0 bridgehead atoms. The van der Waals surface area contributed by atoms with Gasteiger partial charge in [-0.25, -0.2) is 29.9 Å². The fourth-order valence-corrected chi connectivity index (χ4v) is 8.29. The van der Waals surface area contributed by atoms with Crippen molar-refractivity contribution in [3.05, 3.63) is 181 Å². The number of hydrogen-bond acceptors (Lipinski definition) is 13. The number of nitrogens with zero attached hydrogens (tertiary/aromatic N) is 12. The summed E-state index contributed by atoms with van der Waals surface area (Å²) in [7, 11) is 13.5. The van der Waals surface area contributed by atoms with E-state index in [1.165, 1.54) is 19.6 Å². The number of hydrogen-bond donors (Lipinski definition) is 6. The fourth-order valence-electron chi connectivity index (χ4n) is 8.29. The number of para-hydroxylation sites is 12. The summed E-state index contributed by atoms with van der Waals surface area (Å²) >= 11 is 0. The smallest absolute Gasteiger partial charge is 1.00 e. The van der Waals surface area contributed by atoms with Crippen LogP contribution in [0.5, 0.6) is 0 Å². The molecule has 12 aromatic rings. The van der Waals surface area contributed by atoms with Crippen LogP contribution in [0.2, 0.25) is 0 Å². The largest absolute Gasteiger partial charge is 2.00 e. The summed E-state index contributed by atoms with van der Waals surface area (Å²) in [6, 6.07) is 48.6. The van der Waals surface area contributed by atoms with E-state index < -0.39 is 0 Å². The number of halogens is 4. The molecule has 93 heavy (non-hydrogen) atoms. The number of aromatic nitrogens is 12. The number of carbonyl (C=O) groups is 4. The molecule has 6 aromatic carbocycles. The van der Waals surface area contributed by atoms with E-state index in [9.17, 15) is 19.2 Å². The summed E-state index contributed by atoms with van der Waals surface area (Å²) in [6.45, 7) is 9.60. The third kappa shape index (κ3) is 28.9. The van der Waals surface area contributed by atoms with Crippen LogP contribution in [0.1, 0.15) is 48.8 Å². The molecule has 2 radical (unpaired) electrons. The molecule has 23 nitrogen and oxygen atoms in total. The topological polar surface area (TPSA) is 269 Å². The second-order valence-corrected chi connectivity index (χ2v) is 20.6. The van der Waals surface area contributed by atoms with Crippen molar-refractivity contribution in [2.75, 3.05) is 69.6 Å². The number of rotatable bonds is 18. The third-order valence-electron chi connectivity index (χ3n) is 12.1. The molecule has 0 saturated carbocycles. The van der Waals surface area contributed by atoms with E-state index in [0.717, 1.165) is 140 Å². The molecule has 0 fully saturated rings. The van der Waals surface area contributed by atoms with Gasteiger partial charge in [0.2, 0.25) is 25.6 Å². The maximum absolute atomic E-state index is 9.43. The van der Waals surface area contributed by atoms with Crippen molar-refractivity contribution in [1.29, 1.82) is 0 Å². The van der Waals surface area contributed by atoms with Crippen LogP contribution in [0.15, 0.2) is 146 Å². The van der Waals surface area contributed by atoms with E-state index in [-0.39, 0.29) is 83.2 Å². The molecule has 6 N–H and O–H groups in total. The number of ether oxygens (including phenoxy) is 1. The summed E-state index contributed by atoms with van der Waals surface area (Å²) in [6.07, 6.45) is 3.00. The van der Waals surface area contributed by atoms with Crippen molar-refractivity contribution in [1.82, 2.24) is 89.2 Å². The summed E-state index contributed by atoms with van der Waals surface area (Å²) in [5, 5.41) is 0. The number of imidazole rings is 6. The van der Waals surface area contributed by atoms with Crippen molar-refractivity contribution in [3.63, 3.8) is 0 Å². The number of nitrogens with one attached hydrogen (secondary N) is 6. The molecule has 0 aliphatic heterocycles. The van der Waals surface area contributed by atoms with Crippen LogP contribution in [-0.4, -0.2) is 184 Å². The molecular formula is C64H80Cl4Co2N18O5. The van der Waals surface area contributed by atoms with Gasteiger partial charge in [-0.3, -0.25) is 29.0 Å². The van der Waals surface area contributed by atoms with Crippen molar-refractivity contribution in [3.8, 4) is 0 Å². The monoisotopic (exact) mass is 1440 g/mol. The number of amides is 4. The molecule has 0 atom stereocenters. The quantitative estimate of drug-likeness (QED) is 0.0466. The van der Waals surface area contributed by atoms with E-state index >= 15 is 0 Å². The molecule has 6 heterocycles. The molecule has 4 amide bonds. The van der Waals surface area contributed by atoms with Crippen LogP contribution >= 0.6 is 0 Å². The van der Waals surface area contributed by atoms with Crippen molar-refractivity contribution >= 4 is 91.8 Å². The van der Waals surface area contributed by atoms with Crippen molar-refractivity contribution in [2.45, 2.75) is 53.1 Å². The zero-order valence-corrected chi connectivity index (χ0v) is 58.5. The number of fused-ring (bicyclic) bond motifs is 6. The average molecular weight is 1440 g/mol. The maximum atomic E-state index is 9.43. The van der Waals surface area contributed by atoms with Crippen LogP contribution < -0.4 is 49.6 Å². The molecule has 0 saturated heterocycles. The van der Waals surface area contributed by atoms with E-state index in [4.69, 9.17) is 34.6 Å². The van der Waals surface area contributed by atoms with Gasteiger partial charge in [-0.2, -0.15) is 0 Å². The molecule has 0 aliphatic carbocycles. The van der Waals surface area contributed by atoms with E-state index in [1.54, 1.807) is 56.4 Å². The molecule has 0 spiro atoms. The van der Waals surface area contributed by atoms with Gasteiger partial charge in [0, 0.05) is 69.6 Å². The molecule has 29 heteroatoms. The number of aromatic amines is 6. The first-order valence-electron chi connectivity index (χ1n) is 28.2. The molecule has 0 aliphatic rings. The van der Waals surface area contributed by atoms with Gasteiger partial charge in [0.1, 0.15) is 34.9 Å².